The molecule has 0 atom stereocenters. The predicted molar refractivity (Wildman–Crippen MR) is 116 cm³/mol. The zero-order chi connectivity index (χ0) is 20.8. The summed E-state index contributed by atoms with van der Waals surface area (Å²) in [4.78, 5) is 30.1. The first-order valence-electron chi connectivity index (χ1n) is 9.65. The zero-order valence-electron chi connectivity index (χ0n) is 17.0. The Morgan fingerprint density at radius 2 is 1.59 bits per heavy atom. The van der Waals surface area contributed by atoms with E-state index in [1.54, 1.807) is 18.1 Å². The van der Waals surface area contributed by atoms with Gasteiger partial charge in [-0.2, -0.15) is 0 Å². The number of aromatic nitrogens is 1. The smallest absolute Gasteiger partial charge is 0.251 e. The molecule has 0 aliphatic rings. The number of anilines is 1. The van der Waals surface area contributed by atoms with Crippen LogP contribution in [0.15, 0.2) is 66.9 Å². The number of amides is 2. The van der Waals surface area contributed by atoms with E-state index in [0.717, 1.165) is 28.1 Å². The first-order chi connectivity index (χ1) is 14.0. The summed E-state index contributed by atoms with van der Waals surface area (Å²) in [7, 11) is 1.78. The van der Waals surface area contributed by atoms with Gasteiger partial charge in [0.05, 0.1) is 0 Å². The lowest BCUT2D eigenvalue weighted by atomic mass is 10.0. The Morgan fingerprint density at radius 1 is 0.966 bits per heavy atom. The average Bonchev–Trinajstić information content (AvgIpc) is 2.77. The van der Waals surface area contributed by atoms with Crippen LogP contribution in [0, 0.1) is 6.92 Å². The van der Waals surface area contributed by atoms with E-state index >= 15 is 0 Å². The molecule has 3 rings (SSSR count). The summed E-state index contributed by atoms with van der Waals surface area (Å²) in [6, 6.07) is 19.2. The van der Waals surface area contributed by atoms with Crippen LogP contribution in [0.2, 0.25) is 0 Å². The molecule has 1 aromatic heterocycles. The van der Waals surface area contributed by atoms with Gasteiger partial charge in [0.15, 0.2) is 0 Å². The third-order valence-corrected chi connectivity index (χ3v) is 4.97. The Labute approximate surface area is 171 Å². The molecule has 29 heavy (non-hydrogen) atoms. The Bertz CT molecular complexity index is 995. The highest BCUT2D eigenvalue weighted by molar-refractivity contribution is 5.95. The van der Waals surface area contributed by atoms with Gasteiger partial charge in [-0.15, -0.1) is 0 Å². The zero-order valence-corrected chi connectivity index (χ0v) is 17.0. The first-order valence-corrected chi connectivity index (χ1v) is 9.65. The Balaban J connectivity index is 1.66. The number of carbonyl (C=O) groups excluding carboxylic acids is 2. The Kier molecular flexibility index (Phi) is 6.39. The van der Waals surface area contributed by atoms with Gasteiger partial charge in [-0.3, -0.25) is 14.6 Å². The van der Waals surface area contributed by atoms with E-state index in [0.29, 0.717) is 18.5 Å². The van der Waals surface area contributed by atoms with Gasteiger partial charge >= 0.3 is 0 Å². The average molecular weight is 387 g/mol. The minimum atomic E-state index is -0.116. The van der Waals surface area contributed by atoms with Crippen molar-refractivity contribution in [2.75, 3.05) is 11.9 Å². The van der Waals surface area contributed by atoms with Crippen LogP contribution >= 0.6 is 0 Å². The fourth-order valence-corrected chi connectivity index (χ4v) is 3.05. The molecule has 2 aromatic carbocycles. The van der Waals surface area contributed by atoms with Crippen molar-refractivity contribution >= 4 is 17.5 Å². The van der Waals surface area contributed by atoms with Crippen LogP contribution in [0.4, 0.5) is 5.69 Å². The minimum absolute atomic E-state index is 0.0783. The molecule has 0 aliphatic carbocycles. The van der Waals surface area contributed by atoms with Crippen molar-refractivity contribution in [3.8, 4) is 11.1 Å². The quantitative estimate of drug-likeness (QED) is 0.684. The molecule has 1 N–H and O–H groups in total. The molecule has 0 saturated carbocycles. The number of rotatable bonds is 6. The van der Waals surface area contributed by atoms with Crippen LogP contribution < -0.4 is 10.2 Å². The molecule has 2 amide bonds. The summed E-state index contributed by atoms with van der Waals surface area (Å²) in [5.41, 5.74) is 5.44. The molecule has 0 unspecified atom stereocenters. The summed E-state index contributed by atoms with van der Waals surface area (Å²) < 4.78 is 0. The van der Waals surface area contributed by atoms with Gasteiger partial charge in [-0.1, -0.05) is 37.3 Å². The molecular formula is C24H25N3O2. The fraction of sp³-hybridized carbons (Fsp3) is 0.208. The molecule has 0 bridgehead atoms. The van der Waals surface area contributed by atoms with Gasteiger partial charge in [0.1, 0.15) is 0 Å². The van der Waals surface area contributed by atoms with Crippen molar-refractivity contribution in [2.24, 2.45) is 0 Å². The number of aryl methyl sites for hydroxylation is 1. The van der Waals surface area contributed by atoms with Crippen LogP contribution in [0.3, 0.4) is 0 Å². The second-order valence-electron chi connectivity index (χ2n) is 6.86. The number of benzene rings is 2. The van der Waals surface area contributed by atoms with Crippen molar-refractivity contribution in [1.82, 2.24) is 10.3 Å². The first kappa shape index (κ1) is 20.3. The second kappa shape index (κ2) is 9.15. The Hall–Kier alpha value is -3.47. The fourth-order valence-electron chi connectivity index (χ4n) is 3.05. The normalized spacial score (nSPS) is 10.4. The standard InChI is InChI=1S/C24H25N3O2/c1-4-23(28)27(3)22-13-11-19(12-14-22)18-7-9-20(10-8-18)24(29)26-16-21-6-5-15-25-17(21)2/h5-15H,4,16H2,1-3H3,(H,26,29). The molecule has 5 nitrogen and oxygen atoms in total. The number of hydrogen-bond acceptors (Lipinski definition) is 3. The van der Waals surface area contributed by atoms with Gasteiger partial charge in [-0.05, 0) is 53.9 Å². The van der Waals surface area contributed by atoms with E-state index in [4.69, 9.17) is 0 Å². The molecule has 5 heteroatoms. The second-order valence-corrected chi connectivity index (χ2v) is 6.86. The molecule has 3 aromatic rings. The summed E-state index contributed by atoms with van der Waals surface area (Å²) in [5, 5.41) is 2.93. The number of nitrogens with one attached hydrogen (secondary N) is 1. The third kappa shape index (κ3) is 4.88. The minimum Gasteiger partial charge on any atom is -0.348 e. The van der Waals surface area contributed by atoms with E-state index in [9.17, 15) is 9.59 Å². The van der Waals surface area contributed by atoms with Crippen LogP contribution in [0.1, 0.15) is 35.0 Å². The maximum atomic E-state index is 12.4. The monoisotopic (exact) mass is 387 g/mol. The number of nitrogens with zero attached hydrogens (tertiary/aromatic N) is 2. The van der Waals surface area contributed by atoms with Crippen molar-refractivity contribution in [2.45, 2.75) is 26.8 Å². The van der Waals surface area contributed by atoms with Crippen molar-refractivity contribution < 1.29 is 9.59 Å². The van der Waals surface area contributed by atoms with E-state index in [1.165, 1.54) is 0 Å². The highest BCUT2D eigenvalue weighted by atomic mass is 16.2. The molecule has 0 fully saturated rings. The molecule has 0 saturated heterocycles. The van der Waals surface area contributed by atoms with E-state index < -0.39 is 0 Å². The van der Waals surface area contributed by atoms with Crippen molar-refractivity contribution in [1.29, 1.82) is 0 Å². The largest absolute Gasteiger partial charge is 0.348 e. The highest BCUT2D eigenvalue weighted by Gasteiger charge is 2.10. The molecule has 0 spiro atoms. The van der Waals surface area contributed by atoms with Gasteiger partial charge in [0.25, 0.3) is 5.91 Å². The lowest BCUT2D eigenvalue weighted by molar-refractivity contribution is -0.118. The molecule has 0 aliphatic heterocycles. The van der Waals surface area contributed by atoms with E-state index in [1.807, 2.05) is 74.5 Å². The number of pyridine rings is 1. The predicted octanol–water partition coefficient (Wildman–Crippen LogP) is 4.36. The number of carbonyl (C=O) groups is 2. The number of hydrogen-bond donors (Lipinski definition) is 1. The van der Waals surface area contributed by atoms with Crippen LogP contribution in [0.25, 0.3) is 11.1 Å². The van der Waals surface area contributed by atoms with E-state index in [2.05, 4.69) is 10.3 Å². The van der Waals surface area contributed by atoms with Crippen molar-refractivity contribution in [3.63, 3.8) is 0 Å². The van der Waals surface area contributed by atoms with Gasteiger partial charge < -0.3 is 10.2 Å². The Morgan fingerprint density at radius 3 is 2.17 bits per heavy atom. The van der Waals surface area contributed by atoms with Gasteiger partial charge in [0.2, 0.25) is 5.91 Å². The summed E-state index contributed by atoms with van der Waals surface area (Å²) in [5.74, 6) is -0.0375. The van der Waals surface area contributed by atoms with Crippen molar-refractivity contribution in [3.05, 3.63) is 83.7 Å². The SMILES string of the molecule is CCC(=O)N(C)c1ccc(-c2ccc(C(=O)NCc3cccnc3C)cc2)cc1. The summed E-state index contributed by atoms with van der Waals surface area (Å²) >= 11 is 0. The van der Waals surface area contributed by atoms with Gasteiger partial charge in [0, 0.05) is 43.2 Å². The lowest BCUT2D eigenvalue weighted by Gasteiger charge is -2.16. The summed E-state index contributed by atoms with van der Waals surface area (Å²) in [6.45, 7) is 4.23. The molecule has 1 heterocycles. The molecular weight excluding hydrogens is 362 g/mol. The highest BCUT2D eigenvalue weighted by Crippen LogP contribution is 2.23. The molecule has 0 radical (unpaired) electrons. The topological polar surface area (TPSA) is 62.3 Å². The molecule has 148 valence electrons. The lowest BCUT2D eigenvalue weighted by Crippen LogP contribution is -2.24. The maximum Gasteiger partial charge on any atom is 0.251 e. The maximum absolute atomic E-state index is 12.4. The van der Waals surface area contributed by atoms with Crippen LogP contribution in [0.5, 0.6) is 0 Å². The van der Waals surface area contributed by atoms with E-state index in [-0.39, 0.29) is 11.8 Å². The van der Waals surface area contributed by atoms with Crippen LogP contribution in [-0.4, -0.2) is 23.8 Å². The van der Waals surface area contributed by atoms with Crippen LogP contribution in [-0.2, 0) is 11.3 Å². The summed E-state index contributed by atoms with van der Waals surface area (Å²) in [6.07, 6.45) is 2.22. The third-order valence-electron chi connectivity index (χ3n) is 4.97. The van der Waals surface area contributed by atoms with Gasteiger partial charge in [-0.25, -0.2) is 0 Å².